The van der Waals surface area contributed by atoms with E-state index in [1.165, 1.54) is 6.92 Å². The summed E-state index contributed by atoms with van der Waals surface area (Å²) in [6.07, 6.45) is 5.10. The van der Waals surface area contributed by atoms with Gasteiger partial charge in [0.25, 0.3) is 0 Å². The predicted molar refractivity (Wildman–Crippen MR) is 94.2 cm³/mol. The van der Waals surface area contributed by atoms with Crippen LogP contribution in [0.2, 0.25) is 0 Å². The summed E-state index contributed by atoms with van der Waals surface area (Å²) < 4.78 is 16.6. The van der Waals surface area contributed by atoms with Crippen LogP contribution in [0.5, 0.6) is 0 Å². The van der Waals surface area contributed by atoms with Crippen molar-refractivity contribution in [2.75, 3.05) is 18.5 Å². The average molecular weight is 359 g/mol. The van der Waals surface area contributed by atoms with Crippen molar-refractivity contribution < 1.29 is 14.1 Å². The Labute approximate surface area is 146 Å². The first-order chi connectivity index (χ1) is 12.1. The lowest BCUT2D eigenvalue weighted by atomic mass is 10.2. The highest BCUT2D eigenvalue weighted by molar-refractivity contribution is 7.83. The molecule has 1 atom stereocenters. The number of carbonyl (C=O) groups excluding carboxylic acids is 1. The van der Waals surface area contributed by atoms with Gasteiger partial charge in [-0.15, -0.1) is 0 Å². The van der Waals surface area contributed by atoms with Crippen LogP contribution < -0.4 is 10.0 Å². The van der Waals surface area contributed by atoms with Crippen LogP contribution in [-0.2, 0) is 15.8 Å². The summed E-state index contributed by atoms with van der Waals surface area (Å²) in [5, 5.41) is 11.4. The number of carbonyl (C=O) groups is 1. The van der Waals surface area contributed by atoms with E-state index in [1.54, 1.807) is 41.2 Å². The molecule has 9 heteroatoms. The first-order valence-corrected chi connectivity index (χ1v) is 8.71. The van der Waals surface area contributed by atoms with Crippen molar-refractivity contribution in [3.8, 4) is 11.3 Å². The first kappa shape index (κ1) is 17.2. The molecule has 0 saturated heterocycles. The summed E-state index contributed by atoms with van der Waals surface area (Å²) in [4.78, 5) is 20.4. The molecule has 1 aromatic carbocycles. The Balaban J connectivity index is 1.90. The van der Waals surface area contributed by atoms with E-state index in [1.807, 2.05) is 6.07 Å². The maximum absolute atomic E-state index is 12.1. The second kappa shape index (κ2) is 7.51. The van der Waals surface area contributed by atoms with Crippen molar-refractivity contribution in [1.82, 2.24) is 19.1 Å². The number of imidazole rings is 1. The number of rotatable bonds is 6. The molecular weight excluding hydrogens is 342 g/mol. The monoisotopic (exact) mass is 359 g/mol. The molecule has 0 saturated carbocycles. The number of hydrogen-bond acceptors (Lipinski definition) is 5. The fourth-order valence-electron chi connectivity index (χ4n) is 2.28. The third-order valence-corrected chi connectivity index (χ3v) is 4.48. The van der Waals surface area contributed by atoms with Gasteiger partial charge in [0, 0.05) is 25.2 Å². The molecule has 8 nitrogen and oxygen atoms in total. The highest BCUT2D eigenvalue weighted by Crippen LogP contribution is 2.21. The summed E-state index contributed by atoms with van der Waals surface area (Å²) in [6.45, 7) is 1.59. The number of benzene rings is 1. The molecule has 0 fully saturated rings. The van der Waals surface area contributed by atoms with Gasteiger partial charge in [-0.05, 0) is 12.1 Å². The minimum absolute atomic E-state index is 0.0824. The number of hydrogen-bond donors (Lipinski definition) is 3. The maximum atomic E-state index is 12.1. The van der Waals surface area contributed by atoms with Crippen molar-refractivity contribution in [3.05, 3.63) is 42.9 Å². The minimum atomic E-state index is -1.40. The molecule has 1 amide bonds. The number of anilines is 1. The summed E-state index contributed by atoms with van der Waals surface area (Å²) >= 11 is 0. The lowest BCUT2D eigenvalue weighted by molar-refractivity contribution is -0.114. The Morgan fingerprint density at radius 1 is 1.36 bits per heavy atom. The molecule has 3 N–H and O–H groups in total. The molecule has 3 rings (SSSR count). The molecule has 0 aliphatic heterocycles. The average Bonchev–Trinajstić information content (AvgIpc) is 3.00. The predicted octanol–water partition coefficient (Wildman–Crippen LogP) is 0.959. The smallest absolute Gasteiger partial charge is 0.222 e. The van der Waals surface area contributed by atoms with Crippen molar-refractivity contribution in [2.45, 2.75) is 11.8 Å². The largest absolute Gasteiger partial charge is 0.395 e. The zero-order valence-corrected chi connectivity index (χ0v) is 14.3. The second-order valence-corrected chi connectivity index (χ2v) is 6.56. The Kier molecular flexibility index (Phi) is 5.17. The van der Waals surface area contributed by atoms with Gasteiger partial charge in [0.2, 0.25) is 5.91 Å². The SMILES string of the molecule is CC(=O)Nc1cn2cc(-c3cccc(S(=O)NCCO)c3)ncc2n1. The molecule has 1 unspecified atom stereocenters. The summed E-state index contributed by atoms with van der Waals surface area (Å²) in [7, 11) is -1.40. The van der Waals surface area contributed by atoms with Crippen LogP contribution in [0.15, 0.2) is 47.8 Å². The van der Waals surface area contributed by atoms with E-state index in [0.29, 0.717) is 22.1 Å². The fourth-order valence-corrected chi connectivity index (χ4v) is 3.16. The number of fused-ring (bicyclic) bond motifs is 1. The van der Waals surface area contributed by atoms with Crippen LogP contribution >= 0.6 is 0 Å². The van der Waals surface area contributed by atoms with Crippen LogP contribution in [0.4, 0.5) is 5.82 Å². The summed E-state index contributed by atoms with van der Waals surface area (Å²) in [5.41, 5.74) is 2.09. The third kappa shape index (κ3) is 4.08. The molecule has 2 aromatic heterocycles. The molecule has 0 aliphatic carbocycles. The molecular formula is C16H17N5O3S. The van der Waals surface area contributed by atoms with E-state index >= 15 is 0 Å². The van der Waals surface area contributed by atoms with Gasteiger partial charge in [-0.25, -0.2) is 13.9 Å². The van der Waals surface area contributed by atoms with E-state index in [9.17, 15) is 9.00 Å². The van der Waals surface area contributed by atoms with Gasteiger partial charge in [-0.1, -0.05) is 12.1 Å². The third-order valence-electron chi connectivity index (χ3n) is 3.33. The van der Waals surface area contributed by atoms with Crippen molar-refractivity contribution in [1.29, 1.82) is 0 Å². The molecule has 3 aromatic rings. The molecule has 0 radical (unpaired) electrons. The van der Waals surface area contributed by atoms with E-state index < -0.39 is 11.0 Å². The number of aliphatic hydroxyl groups is 1. The van der Waals surface area contributed by atoms with Crippen LogP contribution in [-0.4, -0.2) is 42.7 Å². The molecule has 0 spiro atoms. The summed E-state index contributed by atoms with van der Waals surface area (Å²) in [5.74, 6) is 0.261. The number of amides is 1. The molecule has 0 bridgehead atoms. The quantitative estimate of drug-likeness (QED) is 0.607. The van der Waals surface area contributed by atoms with Crippen LogP contribution in [0.1, 0.15) is 6.92 Å². The zero-order valence-electron chi connectivity index (χ0n) is 13.5. The van der Waals surface area contributed by atoms with Gasteiger partial charge in [0.15, 0.2) is 11.5 Å². The lowest BCUT2D eigenvalue weighted by Gasteiger charge is -2.06. The lowest BCUT2D eigenvalue weighted by Crippen LogP contribution is -2.20. The molecule has 25 heavy (non-hydrogen) atoms. The van der Waals surface area contributed by atoms with Gasteiger partial charge < -0.3 is 14.8 Å². The van der Waals surface area contributed by atoms with Gasteiger partial charge in [0.1, 0.15) is 11.0 Å². The minimum Gasteiger partial charge on any atom is -0.395 e. The van der Waals surface area contributed by atoms with E-state index in [0.717, 1.165) is 5.56 Å². The Bertz CT molecular complexity index is 940. The van der Waals surface area contributed by atoms with E-state index in [2.05, 4.69) is 20.0 Å². The number of nitrogens with one attached hydrogen (secondary N) is 2. The van der Waals surface area contributed by atoms with Gasteiger partial charge in [-0.2, -0.15) is 0 Å². The topological polar surface area (TPSA) is 109 Å². The van der Waals surface area contributed by atoms with Crippen molar-refractivity contribution >= 4 is 28.4 Å². The Morgan fingerprint density at radius 2 is 2.20 bits per heavy atom. The Hall–Kier alpha value is -2.62. The first-order valence-electron chi connectivity index (χ1n) is 7.56. The van der Waals surface area contributed by atoms with Crippen LogP contribution in [0.25, 0.3) is 16.9 Å². The van der Waals surface area contributed by atoms with E-state index in [-0.39, 0.29) is 19.1 Å². The highest BCUT2D eigenvalue weighted by atomic mass is 32.2. The highest BCUT2D eigenvalue weighted by Gasteiger charge is 2.09. The van der Waals surface area contributed by atoms with Gasteiger partial charge in [-0.3, -0.25) is 9.78 Å². The Morgan fingerprint density at radius 3 is 2.96 bits per heavy atom. The van der Waals surface area contributed by atoms with E-state index in [4.69, 9.17) is 5.11 Å². The van der Waals surface area contributed by atoms with Crippen molar-refractivity contribution in [2.24, 2.45) is 0 Å². The standard InChI is InChI=1S/C16H17N5O3S/c1-11(23)19-15-10-21-9-14(17-8-16(21)20-15)12-3-2-4-13(7-12)25(24)18-5-6-22/h2-4,7-10,18,22H,5-6H2,1H3,(H,19,23). The molecule has 130 valence electrons. The van der Waals surface area contributed by atoms with Gasteiger partial charge >= 0.3 is 0 Å². The number of nitrogens with zero attached hydrogens (tertiary/aromatic N) is 3. The fraction of sp³-hybridized carbons (Fsp3) is 0.188. The second-order valence-electron chi connectivity index (χ2n) is 5.26. The van der Waals surface area contributed by atoms with Crippen LogP contribution in [0, 0.1) is 0 Å². The number of aliphatic hydroxyl groups excluding tert-OH is 1. The normalized spacial score (nSPS) is 12.2. The van der Waals surface area contributed by atoms with Gasteiger partial charge in [0.05, 0.1) is 29.6 Å². The molecule has 2 heterocycles. The molecule has 0 aliphatic rings. The summed E-state index contributed by atoms with van der Waals surface area (Å²) in [6, 6.07) is 7.19. The van der Waals surface area contributed by atoms with Crippen molar-refractivity contribution in [3.63, 3.8) is 0 Å². The maximum Gasteiger partial charge on any atom is 0.222 e. The van der Waals surface area contributed by atoms with Crippen LogP contribution in [0.3, 0.4) is 0 Å². The zero-order chi connectivity index (χ0) is 17.8. The number of aromatic nitrogens is 3.